The molecular formula is C15H12BrClN4OS. The molecule has 2 N–H and O–H groups in total. The zero-order valence-corrected chi connectivity index (χ0v) is 15.2. The number of nitrogens with zero attached hydrogens (tertiary/aromatic N) is 2. The average Bonchev–Trinajstić information content (AvgIpc) is 2.91. The van der Waals surface area contributed by atoms with Gasteiger partial charge < -0.3 is 10.3 Å². The van der Waals surface area contributed by atoms with E-state index in [4.69, 9.17) is 11.6 Å². The third-order valence-electron chi connectivity index (χ3n) is 3.10. The van der Waals surface area contributed by atoms with Crippen LogP contribution in [0.4, 0.5) is 5.69 Å². The lowest BCUT2D eigenvalue weighted by Gasteiger charge is -2.08. The summed E-state index contributed by atoms with van der Waals surface area (Å²) < 4.78 is 0.874. The van der Waals surface area contributed by atoms with Crippen LogP contribution in [0.3, 0.4) is 0 Å². The van der Waals surface area contributed by atoms with Crippen LogP contribution < -0.4 is 5.32 Å². The van der Waals surface area contributed by atoms with E-state index in [9.17, 15) is 4.79 Å². The normalized spacial score (nSPS) is 10.9. The van der Waals surface area contributed by atoms with Gasteiger partial charge in [-0.15, -0.1) is 0 Å². The van der Waals surface area contributed by atoms with E-state index in [0.29, 0.717) is 15.8 Å². The van der Waals surface area contributed by atoms with Crippen molar-refractivity contribution in [1.29, 1.82) is 0 Å². The molecule has 118 valence electrons. The molecule has 0 aliphatic carbocycles. The lowest BCUT2D eigenvalue weighted by atomic mass is 10.2. The molecule has 2 aromatic heterocycles. The lowest BCUT2D eigenvalue weighted by molar-refractivity contribution is -0.113. The van der Waals surface area contributed by atoms with Gasteiger partial charge in [0, 0.05) is 21.4 Å². The maximum atomic E-state index is 12.1. The molecule has 0 radical (unpaired) electrons. The molecule has 0 atom stereocenters. The summed E-state index contributed by atoms with van der Waals surface area (Å²) in [4.78, 5) is 23.8. The Morgan fingerprint density at radius 2 is 2.26 bits per heavy atom. The molecule has 0 spiro atoms. The van der Waals surface area contributed by atoms with Crippen molar-refractivity contribution in [3.8, 4) is 0 Å². The lowest BCUT2D eigenvalue weighted by Crippen LogP contribution is -2.14. The molecule has 23 heavy (non-hydrogen) atoms. The number of pyridine rings is 1. The summed E-state index contributed by atoms with van der Waals surface area (Å²) in [5.41, 5.74) is 3.14. The monoisotopic (exact) mass is 410 g/mol. The Kier molecular flexibility index (Phi) is 4.89. The van der Waals surface area contributed by atoms with E-state index < -0.39 is 0 Å². The van der Waals surface area contributed by atoms with Crippen LogP contribution in [0.15, 0.2) is 40.1 Å². The van der Waals surface area contributed by atoms with Gasteiger partial charge in [-0.2, -0.15) is 0 Å². The van der Waals surface area contributed by atoms with Gasteiger partial charge in [-0.3, -0.25) is 4.79 Å². The molecule has 0 unspecified atom stereocenters. The Balaban J connectivity index is 1.64. The quantitative estimate of drug-likeness (QED) is 0.624. The van der Waals surface area contributed by atoms with Crippen molar-refractivity contribution in [2.75, 3.05) is 11.1 Å². The molecule has 1 amide bonds. The van der Waals surface area contributed by atoms with Crippen LogP contribution in [-0.4, -0.2) is 26.6 Å². The zero-order chi connectivity index (χ0) is 16.4. The first-order chi connectivity index (χ1) is 11.0. The minimum atomic E-state index is -0.116. The number of thioether (sulfide) groups is 1. The molecule has 0 saturated carbocycles. The van der Waals surface area contributed by atoms with Gasteiger partial charge in [-0.25, -0.2) is 9.97 Å². The van der Waals surface area contributed by atoms with E-state index in [1.807, 2.05) is 19.1 Å². The molecule has 0 aliphatic rings. The predicted octanol–water partition coefficient (Wildman–Crippen LogP) is 4.41. The second-order valence-electron chi connectivity index (χ2n) is 4.86. The molecule has 0 saturated heterocycles. The van der Waals surface area contributed by atoms with Gasteiger partial charge in [0.25, 0.3) is 0 Å². The topological polar surface area (TPSA) is 70.7 Å². The summed E-state index contributed by atoms with van der Waals surface area (Å²) in [6, 6.07) is 7.30. The number of nitrogens with one attached hydrogen (secondary N) is 2. The number of hydrogen-bond acceptors (Lipinski definition) is 4. The fraction of sp³-hybridized carbons (Fsp3) is 0.133. The summed E-state index contributed by atoms with van der Waals surface area (Å²) in [7, 11) is 0. The molecule has 2 heterocycles. The molecule has 0 aliphatic heterocycles. The van der Waals surface area contributed by atoms with E-state index in [0.717, 1.165) is 21.2 Å². The van der Waals surface area contributed by atoms with Crippen molar-refractivity contribution in [2.45, 2.75) is 12.1 Å². The highest BCUT2D eigenvalue weighted by molar-refractivity contribution is 9.10. The largest absolute Gasteiger partial charge is 0.331 e. The Labute approximate surface area is 150 Å². The first-order valence-electron chi connectivity index (χ1n) is 6.71. The summed E-state index contributed by atoms with van der Waals surface area (Å²) in [5.74, 6) is 0.127. The van der Waals surface area contributed by atoms with Crippen molar-refractivity contribution >= 4 is 62.1 Å². The number of hydrogen-bond donors (Lipinski definition) is 2. The summed E-state index contributed by atoms with van der Waals surface area (Å²) in [6.07, 6.45) is 1.69. The number of aryl methyl sites for hydroxylation is 1. The van der Waals surface area contributed by atoms with Crippen molar-refractivity contribution < 1.29 is 4.79 Å². The summed E-state index contributed by atoms with van der Waals surface area (Å²) >= 11 is 10.6. The van der Waals surface area contributed by atoms with Gasteiger partial charge in [0.05, 0.1) is 11.3 Å². The highest BCUT2D eigenvalue weighted by atomic mass is 79.9. The number of H-pyrrole nitrogens is 1. The molecule has 8 heteroatoms. The summed E-state index contributed by atoms with van der Waals surface area (Å²) in [6.45, 7) is 1.92. The van der Waals surface area contributed by atoms with Gasteiger partial charge in [0.15, 0.2) is 10.8 Å². The highest BCUT2D eigenvalue weighted by Crippen LogP contribution is 2.23. The van der Waals surface area contributed by atoms with Crippen LogP contribution in [0.1, 0.15) is 5.56 Å². The smallest absolute Gasteiger partial charge is 0.234 e. The number of carbonyl (C=O) groups excluding carboxylic acids is 1. The van der Waals surface area contributed by atoms with Crippen LogP contribution >= 0.6 is 39.3 Å². The third kappa shape index (κ3) is 4.04. The number of aromatic amines is 1. The minimum absolute atomic E-state index is 0.116. The van der Waals surface area contributed by atoms with Gasteiger partial charge in [0.2, 0.25) is 5.91 Å². The number of rotatable bonds is 4. The van der Waals surface area contributed by atoms with Crippen LogP contribution in [0.2, 0.25) is 5.02 Å². The number of benzene rings is 1. The SMILES string of the molecule is Cc1ccc(Cl)cc1NC(=O)CSc1nc2ncc(Br)cc2[nH]1. The first kappa shape index (κ1) is 16.3. The van der Waals surface area contributed by atoms with Crippen molar-refractivity contribution in [3.05, 3.63) is 45.5 Å². The Hall–Kier alpha value is -1.57. The molecule has 3 rings (SSSR count). The van der Waals surface area contributed by atoms with E-state index in [-0.39, 0.29) is 11.7 Å². The number of imidazole rings is 1. The number of halogens is 2. The maximum absolute atomic E-state index is 12.1. The molecule has 0 bridgehead atoms. The first-order valence-corrected chi connectivity index (χ1v) is 8.87. The fourth-order valence-electron chi connectivity index (χ4n) is 1.97. The van der Waals surface area contributed by atoms with E-state index >= 15 is 0 Å². The predicted molar refractivity (Wildman–Crippen MR) is 97.1 cm³/mol. The molecular weight excluding hydrogens is 400 g/mol. The summed E-state index contributed by atoms with van der Waals surface area (Å²) in [5, 5.41) is 4.10. The number of fused-ring (bicyclic) bond motifs is 1. The molecule has 1 aromatic carbocycles. The minimum Gasteiger partial charge on any atom is -0.331 e. The van der Waals surface area contributed by atoms with Crippen molar-refractivity contribution in [3.63, 3.8) is 0 Å². The van der Waals surface area contributed by atoms with Crippen LogP contribution in [0, 0.1) is 6.92 Å². The van der Waals surface area contributed by atoms with Gasteiger partial charge in [0.1, 0.15) is 0 Å². The van der Waals surface area contributed by atoms with Gasteiger partial charge in [-0.05, 0) is 46.6 Å². The standard InChI is InChI=1S/C15H12BrClN4OS/c1-8-2-3-10(17)5-11(8)19-13(22)7-23-15-20-12-4-9(16)6-18-14(12)21-15/h2-6H,7H2,1H3,(H,19,22)(H,18,20,21). The van der Waals surface area contributed by atoms with Crippen LogP contribution in [0.5, 0.6) is 0 Å². The van der Waals surface area contributed by atoms with E-state index in [1.165, 1.54) is 11.8 Å². The van der Waals surface area contributed by atoms with E-state index in [1.54, 1.807) is 18.3 Å². The fourth-order valence-corrected chi connectivity index (χ4v) is 3.15. The number of anilines is 1. The van der Waals surface area contributed by atoms with Crippen LogP contribution in [0.25, 0.3) is 11.2 Å². The van der Waals surface area contributed by atoms with Gasteiger partial charge in [-0.1, -0.05) is 29.4 Å². The molecule has 5 nitrogen and oxygen atoms in total. The van der Waals surface area contributed by atoms with Crippen molar-refractivity contribution in [2.24, 2.45) is 0 Å². The maximum Gasteiger partial charge on any atom is 0.234 e. The third-order valence-corrected chi connectivity index (χ3v) is 4.64. The number of amides is 1. The number of aromatic nitrogens is 3. The Bertz CT molecular complexity index is 883. The van der Waals surface area contributed by atoms with E-state index in [2.05, 4.69) is 36.2 Å². The molecule has 3 aromatic rings. The second-order valence-corrected chi connectivity index (χ2v) is 7.18. The number of carbonyl (C=O) groups is 1. The highest BCUT2D eigenvalue weighted by Gasteiger charge is 2.09. The van der Waals surface area contributed by atoms with Crippen molar-refractivity contribution in [1.82, 2.24) is 15.0 Å². The molecule has 0 fully saturated rings. The Morgan fingerprint density at radius 1 is 1.43 bits per heavy atom. The second kappa shape index (κ2) is 6.90. The zero-order valence-electron chi connectivity index (χ0n) is 12.1. The Morgan fingerprint density at radius 3 is 3.09 bits per heavy atom. The van der Waals surface area contributed by atoms with Gasteiger partial charge >= 0.3 is 0 Å². The van der Waals surface area contributed by atoms with Crippen LogP contribution in [-0.2, 0) is 4.79 Å². The average molecular weight is 412 g/mol.